The third-order valence-electron chi connectivity index (χ3n) is 2.70. The number of rotatable bonds is 3. The predicted molar refractivity (Wildman–Crippen MR) is 51.8 cm³/mol. The summed E-state index contributed by atoms with van der Waals surface area (Å²) >= 11 is 0. The van der Waals surface area contributed by atoms with Crippen molar-refractivity contribution in [3.63, 3.8) is 0 Å². The van der Waals surface area contributed by atoms with Gasteiger partial charge in [0.05, 0.1) is 5.69 Å². The van der Waals surface area contributed by atoms with Gasteiger partial charge in [-0.3, -0.25) is 0 Å². The Morgan fingerprint density at radius 2 is 2.00 bits per heavy atom. The fourth-order valence-electron chi connectivity index (χ4n) is 1.68. The van der Waals surface area contributed by atoms with Crippen LogP contribution >= 0.6 is 0 Å². The summed E-state index contributed by atoms with van der Waals surface area (Å²) in [4.78, 5) is 0. The third-order valence-corrected chi connectivity index (χ3v) is 2.70. The molecule has 0 spiro atoms. The molecule has 0 saturated heterocycles. The predicted octanol–water partition coefficient (Wildman–Crippen LogP) is 2.83. The normalized spacial score (nSPS) is 17.1. The molecule has 0 bridgehead atoms. The van der Waals surface area contributed by atoms with Gasteiger partial charge in [-0.2, -0.15) is 13.2 Å². The molecular formula is C10H14F3N3. The molecule has 1 aliphatic carbocycles. The van der Waals surface area contributed by atoms with Gasteiger partial charge in [-0.1, -0.05) is 19.1 Å². The number of hydrogen-bond donors (Lipinski definition) is 0. The van der Waals surface area contributed by atoms with Crippen molar-refractivity contribution in [1.29, 1.82) is 0 Å². The first kappa shape index (κ1) is 11.4. The first-order valence-electron chi connectivity index (χ1n) is 5.40. The van der Waals surface area contributed by atoms with E-state index < -0.39 is 11.9 Å². The van der Waals surface area contributed by atoms with E-state index in [9.17, 15) is 13.2 Å². The molecule has 6 heteroatoms. The molecule has 1 aromatic rings. The minimum absolute atomic E-state index is 0.0492. The summed E-state index contributed by atoms with van der Waals surface area (Å²) in [6.07, 6.45) is -2.37. The highest BCUT2D eigenvalue weighted by Gasteiger charge is 2.40. The van der Waals surface area contributed by atoms with Crippen molar-refractivity contribution in [2.24, 2.45) is 5.92 Å². The fraction of sp³-hybridized carbons (Fsp3) is 0.800. The van der Waals surface area contributed by atoms with E-state index in [1.54, 1.807) is 13.8 Å². The summed E-state index contributed by atoms with van der Waals surface area (Å²) in [5, 5.41) is 7.29. The SMILES string of the molecule is CC(C)c1nnn(CC2CC2)c1C(F)(F)F. The fourth-order valence-corrected chi connectivity index (χ4v) is 1.68. The van der Waals surface area contributed by atoms with Gasteiger partial charge in [-0.05, 0) is 24.7 Å². The monoisotopic (exact) mass is 233 g/mol. The molecule has 1 saturated carbocycles. The van der Waals surface area contributed by atoms with Crippen LogP contribution in [-0.4, -0.2) is 15.0 Å². The van der Waals surface area contributed by atoms with Crippen molar-refractivity contribution in [3.8, 4) is 0 Å². The molecule has 0 amide bonds. The molecule has 0 N–H and O–H groups in total. The highest BCUT2D eigenvalue weighted by molar-refractivity contribution is 5.17. The molecule has 1 fully saturated rings. The van der Waals surface area contributed by atoms with Crippen LogP contribution in [0.3, 0.4) is 0 Å². The van der Waals surface area contributed by atoms with Crippen LogP contribution in [0.5, 0.6) is 0 Å². The molecule has 1 aliphatic rings. The zero-order valence-corrected chi connectivity index (χ0v) is 9.25. The first-order chi connectivity index (χ1) is 7.39. The Labute approximate surface area is 91.6 Å². The zero-order chi connectivity index (χ0) is 11.9. The van der Waals surface area contributed by atoms with Crippen molar-refractivity contribution >= 4 is 0 Å². The molecule has 1 aromatic heterocycles. The summed E-state index contributed by atoms with van der Waals surface area (Å²) in [6, 6.07) is 0. The highest BCUT2D eigenvalue weighted by atomic mass is 19.4. The molecule has 0 aromatic carbocycles. The largest absolute Gasteiger partial charge is 0.434 e. The maximum absolute atomic E-state index is 12.9. The van der Waals surface area contributed by atoms with Crippen LogP contribution in [0.15, 0.2) is 0 Å². The van der Waals surface area contributed by atoms with E-state index in [2.05, 4.69) is 10.3 Å². The molecule has 2 rings (SSSR count). The van der Waals surface area contributed by atoms with E-state index in [1.807, 2.05) is 0 Å². The smallest absolute Gasteiger partial charge is 0.240 e. The standard InChI is InChI=1S/C10H14F3N3/c1-6(2)8-9(10(11,12)13)16(15-14-8)5-7-3-4-7/h6-7H,3-5H2,1-2H3. The van der Waals surface area contributed by atoms with Gasteiger partial charge in [0.15, 0.2) is 5.69 Å². The van der Waals surface area contributed by atoms with Gasteiger partial charge >= 0.3 is 6.18 Å². The molecule has 0 atom stereocenters. The average molecular weight is 233 g/mol. The van der Waals surface area contributed by atoms with Crippen molar-refractivity contribution < 1.29 is 13.2 Å². The molecule has 0 unspecified atom stereocenters. The van der Waals surface area contributed by atoms with Gasteiger partial charge < -0.3 is 0 Å². The van der Waals surface area contributed by atoms with Crippen LogP contribution in [0.2, 0.25) is 0 Å². The van der Waals surface area contributed by atoms with E-state index >= 15 is 0 Å². The number of aromatic nitrogens is 3. The maximum atomic E-state index is 12.9. The Bertz CT molecular complexity index is 377. The van der Waals surface area contributed by atoms with Crippen molar-refractivity contribution in [1.82, 2.24) is 15.0 Å². The summed E-state index contributed by atoms with van der Waals surface area (Å²) in [5.74, 6) is 0.0902. The minimum atomic E-state index is -4.36. The summed E-state index contributed by atoms with van der Waals surface area (Å²) in [5.41, 5.74) is -0.623. The second kappa shape index (κ2) is 3.75. The maximum Gasteiger partial charge on any atom is 0.434 e. The second-order valence-electron chi connectivity index (χ2n) is 4.60. The second-order valence-corrected chi connectivity index (χ2v) is 4.60. The van der Waals surface area contributed by atoms with Crippen LogP contribution in [0.1, 0.15) is 44.0 Å². The van der Waals surface area contributed by atoms with Gasteiger partial charge in [0.2, 0.25) is 0 Å². The molecular weight excluding hydrogens is 219 g/mol. The number of halogens is 3. The lowest BCUT2D eigenvalue weighted by atomic mass is 10.1. The summed E-state index contributed by atoms with van der Waals surface area (Å²) in [7, 11) is 0. The van der Waals surface area contributed by atoms with E-state index in [0.29, 0.717) is 12.5 Å². The highest BCUT2D eigenvalue weighted by Crippen LogP contribution is 2.37. The van der Waals surface area contributed by atoms with Crippen LogP contribution in [-0.2, 0) is 12.7 Å². The summed E-state index contributed by atoms with van der Waals surface area (Å²) < 4.78 is 39.6. The quantitative estimate of drug-likeness (QED) is 0.803. The molecule has 0 aliphatic heterocycles. The van der Waals surface area contributed by atoms with Crippen LogP contribution in [0.4, 0.5) is 13.2 Å². The van der Waals surface area contributed by atoms with Crippen LogP contribution in [0, 0.1) is 5.92 Å². The molecule has 3 nitrogen and oxygen atoms in total. The first-order valence-corrected chi connectivity index (χ1v) is 5.40. The average Bonchev–Trinajstić information content (AvgIpc) is 2.79. The lowest BCUT2D eigenvalue weighted by Gasteiger charge is -2.12. The molecule has 90 valence electrons. The van der Waals surface area contributed by atoms with Gasteiger partial charge in [0, 0.05) is 6.54 Å². The Balaban J connectivity index is 2.36. The van der Waals surface area contributed by atoms with Gasteiger partial charge in [0.1, 0.15) is 0 Å². The van der Waals surface area contributed by atoms with E-state index in [1.165, 1.54) is 0 Å². The van der Waals surface area contributed by atoms with Gasteiger partial charge in [-0.25, -0.2) is 4.68 Å². The Morgan fingerprint density at radius 1 is 1.38 bits per heavy atom. The van der Waals surface area contributed by atoms with Crippen LogP contribution < -0.4 is 0 Å². The lowest BCUT2D eigenvalue weighted by molar-refractivity contribution is -0.145. The van der Waals surface area contributed by atoms with E-state index in [0.717, 1.165) is 17.5 Å². The summed E-state index contributed by atoms with van der Waals surface area (Å²) in [6.45, 7) is 3.73. The van der Waals surface area contributed by atoms with Crippen molar-refractivity contribution in [2.45, 2.75) is 45.3 Å². The zero-order valence-electron chi connectivity index (χ0n) is 9.25. The van der Waals surface area contributed by atoms with E-state index in [4.69, 9.17) is 0 Å². The number of nitrogens with zero attached hydrogens (tertiary/aromatic N) is 3. The topological polar surface area (TPSA) is 30.7 Å². The van der Waals surface area contributed by atoms with Gasteiger partial charge in [0.25, 0.3) is 0 Å². The Morgan fingerprint density at radius 3 is 2.44 bits per heavy atom. The molecule has 16 heavy (non-hydrogen) atoms. The molecule has 0 radical (unpaired) electrons. The minimum Gasteiger partial charge on any atom is -0.240 e. The molecule has 1 heterocycles. The van der Waals surface area contributed by atoms with Crippen molar-refractivity contribution in [3.05, 3.63) is 11.4 Å². The Kier molecular flexibility index (Phi) is 2.67. The number of alkyl halides is 3. The van der Waals surface area contributed by atoms with Crippen molar-refractivity contribution in [2.75, 3.05) is 0 Å². The lowest BCUT2D eigenvalue weighted by Crippen LogP contribution is -2.17. The van der Waals surface area contributed by atoms with Crippen LogP contribution in [0.25, 0.3) is 0 Å². The van der Waals surface area contributed by atoms with Gasteiger partial charge in [-0.15, -0.1) is 5.10 Å². The Hall–Kier alpha value is -1.07. The number of hydrogen-bond acceptors (Lipinski definition) is 2. The third kappa shape index (κ3) is 2.20. The van der Waals surface area contributed by atoms with E-state index in [-0.39, 0.29) is 11.6 Å².